The number of benzene rings is 3. The largest absolute Gasteiger partial charge is 0.324 e. The summed E-state index contributed by atoms with van der Waals surface area (Å²) in [4.78, 5) is 4.35. The minimum atomic E-state index is -0.178. The van der Waals surface area contributed by atoms with E-state index in [2.05, 4.69) is 57.9 Å². The summed E-state index contributed by atoms with van der Waals surface area (Å²) in [5.41, 5.74) is 5.30. The fourth-order valence-electron chi connectivity index (χ4n) is 3.54. The van der Waals surface area contributed by atoms with Crippen LogP contribution in [0.5, 0.6) is 0 Å². The summed E-state index contributed by atoms with van der Waals surface area (Å²) < 4.78 is 1.82. The number of hydrogen-bond donors (Lipinski definition) is 1. The smallest absolute Gasteiger partial charge is 0.226 e. The Bertz CT molecular complexity index is 1200. The van der Waals surface area contributed by atoms with E-state index in [4.69, 9.17) is 23.2 Å². The van der Waals surface area contributed by atoms with Gasteiger partial charge in [-0.15, -0.1) is 0 Å². The van der Waals surface area contributed by atoms with Crippen LogP contribution in [0.1, 0.15) is 17.2 Å². The van der Waals surface area contributed by atoms with Crippen molar-refractivity contribution in [2.45, 2.75) is 6.04 Å². The van der Waals surface area contributed by atoms with E-state index in [1.54, 1.807) is 6.07 Å². The Hall–Kier alpha value is -3.08. The Morgan fingerprint density at radius 1 is 0.828 bits per heavy atom. The molecule has 0 radical (unpaired) electrons. The molecule has 1 atom stereocenters. The Morgan fingerprint density at radius 2 is 1.55 bits per heavy atom. The second-order valence-electron chi connectivity index (χ2n) is 6.79. The monoisotopic (exact) mass is 418 g/mol. The van der Waals surface area contributed by atoms with Crippen molar-refractivity contribution >= 4 is 34.8 Å². The highest BCUT2D eigenvalue weighted by molar-refractivity contribution is 6.35. The Labute approximate surface area is 178 Å². The van der Waals surface area contributed by atoms with Crippen LogP contribution in [0.4, 0.5) is 5.95 Å². The maximum Gasteiger partial charge on any atom is 0.226 e. The van der Waals surface area contributed by atoms with Crippen molar-refractivity contribution in [1.82, 2.24) is 14.8 Å². The molecule has 0 unspecified atom stereocenters. The number of halogens is 2. The number of fused-ring (bicyclic) bond motifs is 1. The van der Waals surface area contributed by atoms with E-state index in [1.807, 2.05) is 35.0 Å². The van der Waals surface area contributed by atoms with Gasteiger partial charge in [-0.3, -0.25) is 0 Å². The predicted octanol–water partition coefficient (Wildman–Crippen LogP) is 6.31. The zero-order chi connectivity index (χ0) is 19.8. The van der Waals surface area contributed by atoms with Gasteiger partial charge in [0.2, 0.25) is 5.95 Å². The second kappa shape index (κ2) is 7.39. The molecule has 1 N–H and O–H groups in total. The van der Waals surface area contributed by atoms with Crippen molar-refractivity contribution in [1.29, 1.82) is 0 Å². The highest BCUT2D eigenvalue weighted by Gasteiger charge is 2.25. The van der Waals surface area contributed by atoms with E-state index in [0.717, 1.165) is 16.8 Å². The minimum Gasteiger partial charge on any atom is -0.324 e. The molecule has 0 fully saturated rings. The van der Waals surface area contributed by atoms with Crippen LogP contribution < -0.4 is 5.32 Å². The molecule has 1 aromatic heterocycles. The van der Waals surface area contributed by atoms with Gasteiger partial charge in [0.1, 0.15) is 12.4 Å². The molecule has 5 rings (SSSR count). The Kier molecular flexibility index (Phi) is 4.58. The molecule has 4 aromatic rings. The summed E-state index contributed by atoms with van der Waals surface area (Å²) in [6.07, 6.45) is 3.64. The van der Waals surface area contributed by atoms with Crippen LogP contribution in [-0.2, 0) is 0 Å². The second-order valence-corrected chi connectivity index (χ2v) is 7.63. The average molecular weight is 419 g/mol. The van der Waals surface area contributed by atoms with Crippen LogP contribution in [0.25, 0.3) is 16.8 Å². The maximum atomic E-state index is 6.48. The molecule has 0 saturated heterocycles. The first kappa shape index (κ1) is 18.0. The van der Waals surface area contributed by atoms with Gasteiger partial charge in [-0.2, -0.15) is 10.1 Å². The quantitative estimate of drug-likeness (QED) is 0.423. The molecule has 1 aliphatic heterocycles. The van der Waals surface area contributed by atoms with Crippen LogP contribution >= 0.6 is 23.2 Å². The van der Waals surface area contributed by atoms with E-state index < -0.39 is 0 Å². The predicted molar refractivity (Wildman–Crippen MR) is 118 cm³/mol. The lowest BCUT2D eigenvalue weighted by atomic mass is 9.99. The lowest BCUT2D eigenvalue weighted by Crippen LogP contribution is -2.20. The van der Waals surface area contributed by atoms with Crippen molar-refractivity contribution in [2.75, 3.05) is 5.32 Å². The lowest BCUT2D eigenvalue weighted by molar-refractivity contribution is 0.612. The SMILES string of the molecule is Clc1ccc([C@H]2C=C(c3ccc(-c4ccccc4)cc3)Nc3ncnn32)c(Cl)c1. The van der Waals surface area contributed by atoms with Crippen LogP contribution in [0, 0.1) is 0 Å². The number of anilines is 1. The molecule has 6 heteroatoms. The van der Waals surface area contributed by atoms with Gasteiger partial charge in [0.15, 0.2) is 0 Å². The summed E-state index contributed by atoms with van der Waals surface area (Å²) in [6.45, 7) is 0. The number of aromatic nitrogens is 3. The van der Waals surface area contributed by atoms with E-state index in [-0.39, 0.29) is 6.04 Å². The zero-order valence-corrected chi connectivity index (χ0v) is 16.8. The zero-order valence-electron chi connectivity index (χ0n) is 15.3. The van der Waals surface area contributed by atoms with Crippen molar-refractivity contribution < 1.29 is 0 Å². The van der Waals surface area contributed by atoms with Crippen LogP contribution in [0.3, 0.4) is 0 Å². The first-order valence-electron chi connectivity index (χ1n) is 9.18. The molecule has 1 aliphatic rings. The number of nitrogens with zero attached hydrogens (tertiary/aromatic N) is 3. The maximum absolute atomic E-state index is 6.48. The van der Waals surface area contributed by atoms with Gasteiger partial charge >= 0.3 is 0 Å². The van der Waals surface area contributed by atoms with Crippen molar-refractivity contribution in [3.8, 4) is 11.1 Å². The fraction of sp³-hybridized carbons (Fsp3) is 0.0435. The van der Waals surface area contributed by atoms with Crippen LogP contribution in [0.15, 0.2) is 85.2 Å². The summed E-state index contributed by atoms with van der Waals surface area (Å²) in [7, 11) is 0. The summed E-state index contributed by atoms with van der Waals surface area (Å²) >= 11 is 12.6. The number of allylic oxidation sites excluding steroid dienone is 1. The van der Waals surface area contributed by atoms with E-state index in [9.17, 15) is 0 Å². The van der Waals surface area contributed by atoms with Crippen molar-refractivity contribution in [3.63, 3.8) is 0 Å². The molecule has 0 bridgehead atoms. The van der Waals surface area contributed by atoms with Gasteiger partial charge in [0, 0.05) is 15.7 Å². The first-order chi connectivity index (χ1) is 14.2. The Morgan fingerprint density at radius 3 is 2.31 bits per heavy atom. The van der Waals surface area contributed by atoms with Gasteiger partial charge < -0.3 is 5.32 Å². The summed E-state index contributed by atoms with van der Waals surface area (Å²) in [5, 5.41) is 8.93. The number of nitrogens with one attached hydrogen (secondary N) is 1. The highest BCUT2D eigenvalue weighted by atomic mass is 35.5. The molecule has 0 saturated carbocycles. The fourth-order valence-corrected chi connectivity index (χ4v) is 4.06. The Balaban J connectivity index is 1.54. The van der Waals surface area contributed by atoms with Crippen LogP contribution in [0.2, 0.25) is 10.0 Å². The first-order valence-corrected chi connectivity index (χ1v) is 9.94. The van der Waals surface area contributed by atoms with E-state index in [1.165, 1.54) is 17.5 Å². The number of hydrogen-bond acceptors (Lipinski definition) is 3. The van der Waals surface area contributed by atoms with Gasteiger partial charge in [0.05, 0.1) is 0 Å². The van der Waals surface area contributed by atoms with Gasteiger partial charge in [-0.05, 0) is 40.5 Å². The third-order valence-corrected chi connectivity index (χ3v) is 5.55. The van der Waals surface area contributed by atoms with Crippen LogP contribution in [-0.4, -0.2) is 14.8 Å². The third kappa shape index (κ3) is 3.41. The average Bonchev–Trinajstić information content (AvgIpc) is 3.23. The molecule has 0 amide bonds. The van der Waals surface area contributed by atoms with E-state index in [0.29, 0.717) is 16.0 Å². The molecule has 29 heavy (non-hydrogen) atoms. The van der Waals surface area contributed by atoms with Gasteiger partial charge in [0.25, 0.3) is 0 Å². The lowest BCUT2D eigenvalue weighted by Gasteiger charge is -2.25. The van der Waals surface area contributed by atoms with E-state index >= 15 is 0 Å². The normalized spacial score (nSPS) is 15.4. The van der Waals surface area contributed by atoms with Gasteiger partial charge in [-0.25, -0.2) is 4.68 Å². The molecule has 0 spiro atoms. The summed E-state index contributed by atoms with van der Waals surface area (Å²) in [5.74, 6) is 0.672. The minimum absolute atomic E-state index is 0.178. The molecule has 0 aliphatic carbocycles. The van der Waals surface area contributed by atoms with Crippen molar-refractivity contribution in [3.05, 3.63) is 106 Å². The highest BCUT2D eigenvalue weighted by Crippen LogP contribution is 2.36. The number of rotatable bonds is 3. The van der Waals surface area contributed by atoms with Gasteiger partial charge in [-0.1, -0.05) is 83.9 Å². The molecule has 4 nitrogen and oxygen atoms in total. The molecule has 142 valence electrons. The molecule has 3 aromatic carbocycles. The summed E-state index contributed by atoms with van der Waals surface area (Å²) in [6, 6.07) is 24.1. The third-order valence-electron chi connectivity index (χ3n) is 4.99. The molecular formula is C23H16Cl2N4. The van der Waals surface area contributed by atoms with Crippen molar-refractivity contribution in [2.24, 2.45) is 0 Å². The molecule has 2 heterocycles. The topological polar surface area (TPSA) is 42.7 Å². The molecular weight excluding hydrogens is 403 g/mol. The standard InChI is InChI=1S/C23H16Cl2N4/c24-18-10-11-19(20(25)12-18)22-13-21(28-23-26-14-27-29(22)23)17-8-6-16(7-9-17)15-4-2-1-3-5-15/h1-14,22H,(H,26,27,28)/t22-/m1/s1.